The monoisotopic (exact) mass is 281 g/mol. The summed E-state index contributed by atoms with van der Waals surface area (Å²) < 4.78 is 7.28. The van der Waals surface area contributed by atoms with E-state index in [-0.39, 0.29) is 0 Å². The Bertz CT molecular complexity index is 741. The van der Waals surface area contributed by atoms with E-state index < -0.39 is 5.54 Å². The number of nitrogens with two attached hydrogens (primary N) is 1. The Hall–Kier alpha value is -2.47. The van der Waals surface area contributed by atoms with Crippen molar-refractivity contribution in [1.29, 1.82) is 0 Å². The highest BCUT2D eigenvalue weighted by Gasteiger charge is 2.39. The fourth-order valence-electron chi connectivity index (χ4n) is 2.51. The van der Waals surface area contributed by atoms with Crippen LogP contribution in [0.1, 0.15) is 25.1 Å². The molecule has 0 bridgehead atoms. The molecule has 4 rings (SSSR count). The Morgan fingerprint density at radius 1 is 1.19 bits per heavy atom. The van der Waals surface area contributed by atoms with E-state index in [1.54, 1.807) is 12.5 Å². The van der Waals surface area contributed by atoms with Gasteiger partial charge in [-0.05, 0) is 43.5 Å². The minimum Gasteiger partial charge on any atom is -0.334 e. The second kappa shape index (κ2) is 4.53. The van der Waals surface area contributed by atoms with Gasteiger partial charge in [0.1, 0.15) is 0 Å². The summed E-state index contributed by atoms with van der Waals surface area (Å²) in [6, 6.07) is 7.89. The molecule has 0 unspecified atom stereocenters. The maximum Gasteiger partial charge on any atom is 0.257 e. The van der Waals surface area contributed by atoms with Crippen molar-refractivity contribution in [2.75, 3.05) is 0 Å². The maximum atomic E-state index is 6.21. The van der Waals surface area contributed by atoms with Crippen LogP contribution in [0, 0.1) is 0 Å². The summed E-state index contributed by atoms with van der Waals surface area (Å²) in [5, 5.41) is 4.03. The first-order chi connectivity index (χ1) is 10.2. The van der Waals surface area contributed by atoms with Gasteiger partial charge in [-0.2, -0.15) is 4.98 Å². The molecule has 1 aliphatic rings. The van der Waals surface area contributed by atoms with Gasteiger partial charge < -0.3 is 14.8 Å². The Balaban J connectivity index is 1.62. The van der Waals surface area contributed by atoms with E-state index in [0.717, 1.165) is 30.5 Å². The van der Waals surface area contributed by atoms with Crippen molar-refractivity contribution in [2.45, 2.75) is 24.8 Å². The van der Waals surface area contributed by atoms with Gasteiger partial charge in [-0.15, -0.1) is 0 Å². The lowest BCUT2D eigenvalue weighted by Crippen LogP contribution is -2.44. The van der Waals surface area contributed by atoms with Crippen LogP contribution in [0.25, 0.3) is 17.1 Å². The molecule has 1 saturated carbocycles. The van der Waals surface area contributed by atoms with Crippen molar-refractivity contribution < 1.29 is 4.52 Å². The van der Waals surface area contributed by atoms with Crippen LogP contribution in [-0.4, -0.2) is 19.7 Å². The predicted octanol–water partition coefficient (Wildman–Crippen LogP) is 2.26. The first kappa shape index (κ1) is 12.3. The van der Waals surface area contributed by atoms with Crippen LogP contribution in [0.4, 0.5) is 0 Å². The molecule has 0 amide bonds. The van der Waals surface area contributed by atoms with Crippen LogP contribution in [0.2, 0.25) is 0 Å². The highest BCUT2D eigenvalue weighted by Crippen LogP contribution is 2.37. The van der Waals surface area contributed by atoms with Gasteiger partial charge in [0.05, 0.1) is 11.9 Å². The van der Waals surface area contributed by atoms with Crippen LogP contribution in [-0.2, 0) is 5.54 Å². The fourth-order valence-corrected chi connectivity index (χ4v) is 2.51. The van der Waals surface area contributed by atoms with Crippen molar-refractivity contribution in [3.63, 3.8) is 0 Å². The van der Waals surface area contributed by atoms with Gasteiger partial charge >= 0.3 is 0 Å². The Morgan fingerprint density at radius 3 is 2.62 bits per heavy atom. The summed E-state index contributed by atoms with van der Waals surface area (Å²) in [6.07, 6.45) is 8.37. The van der Waals surface area contributed by atoms with Gasteiger partial charge in [0.15, 0.2) is 5.82 Å². The third-order valence-corrected chi connectivity index (χ3v) is 4.03. The van der Waals surface area contributed by atoms with E-state index in [9.17, 15) is 0 Å². The number of benzene rings is 1. The van der Waals surface area contributed by atoms with E-state index in [0.29, 0.717) is 11.7 Å². The number of hydrogen-bond donors (Lipinski definition) is 1. The van der Waals surface area contributed by atoms with Crippen LogP contribution in [0.5, 0.6) is 0 Å². The minimum atomic E-state index is -0.390. The van der Waals surface area contributed by atoms with Gasteiger partial charge in [-0.1, -0.05) is 5.16 Å². The van der Waals surface area contributed by atoms with E-state index >= 15 is 0 Å². The summed E-state index contributed by atoms with van der Waals surface area (Å²) in [4.78, 5) is 8.48. The summed E-state index contributed by atoms with van der Waals surface area (Å²) in [5.41, 5.74) is 7.74. The molecule has 2 aromatic heterocycles. The lowest BCUT2D eigenvalue weighted by molar-refractivity contribution is 0.229. The molecule has 106 valence electrons. The molecule has 1 fully saturated rings. The lowest BCUT2D eigenvalue weighted by Gasteiger charge is -2.34. The molecular weight excluding hydrogens is 266 g/mol. The molecule has 0 saturated heterocycles. The van der Waals surface area contributed by atoms with Crippen molar-refractivity contribution in [2.24, 2.45) is 5.73 Å². The molecule has 1 aliphatic carbocycles. The zero-order valence-corrected chi connectivity index (χ0v) is 11.4. The van der Waals surface area contributed by atoms with Crippen molar-refractivity contribution in [3.05, 3.63) is 48.8 Å². The van der Waals surface area contributed by atoms with Crippen LogP contribution in [0.15, 0.2) is 47.5 Å². The molecule has 6 heteroatoms. The molecule has 0 radical (unpaired) electrons. The van der Waals surface area contributed by atoms with Crippen molar-refractivity contribution in [1.82, 2.24) is 19.7 Å². The van der Waals surface area contributed by atoms with Crippen molar-refractivity contribution in [3.8, 4) is 17.1 Å². The third-order valence-electron chi connectivity index (χ3n) is 4.03. The average Bonchev–Trinajstić information content (AvgIpc) is 3.16. The van der Waals surface area contributed by atoms with Gasteiger partial charge in [-0.25, -0.2) is 4.98 Å². The standard InChI is InChI=1S/C15H15N5O/c16-15(6-1-7-15)14-18-13(21-19-14)11-2-4-12(5-3-11)20-9-8-17-10-20/h2-5,8-10H,1,6-7,16H2. The zero-order valence-electron chi connectivity index (χ0n) is 11.4. The number of nitrogens with zero attached hydrogens (tertiary/aromatic N) is 4. The Labute approximate surface area is 121 Å². The van der Waals surface area contributed by atoms with E-state index in [1.807, 2.05) is 35.0 Å². The molecule has 1 aromatic carbocycles. The average molecular weight is 281 g/mol. The Kier molecular flexibility index (Phi) is 2.65. The topological polar surface area (TPSA) is 82.8 Å². The van der Waals surface area contributed by atoms with E-state index in [2.05, 4.69) is 15.1 Å². The number of imidazole rings is 1. The van der Waals surface area contributed by atoms with E-state index in [1.165, 1.54) is 0 Å². The highest BCUT2D eigenvalue weighted by atomic mass is 16.5. The third kappa shape index (κ3) is 2.04. The largest absolute Gasteiger partial charge is 0.334 e. The van der Waals surface area contributed by atoms with Gasteiger partial charge in [0.2, 0.25) is 0 Å². The molecular formula is C15H15N5O. The van der Waals surface area contributed by atoms with E-state index in [4.69, 9.17) is 10.3 Å². The molecule has 21 heavy (non-hydrogen) atoms. The Morgan fingerprint density at radius 2 is 2.00 bits per heavy atom. The second-order valence-corrected chi connectivity index (χ2v) is 5.45. The lowest BCUT2D eigenvalue weighted by atomic mass is 9.77. The minimum absolute atomic E-state index is 0.390. The number of rotatable bonds is 3. The number of aromatic nitrogens is 4. The van der Waals surface area contributed by atoms with Crippen LogP contribution < -0.4 is 5.73 Å². The first-order valence-electron chi connectivity index (χ1n) is 6.96. The molecule has 0 spiro atoms. The maximum absolute atomic E-state index is 6.21. The van der Waals surface area contributed by atoms with Crippen LogP contribution in [0.3, 0.4) is 0 Å². The quantitative estimate of drug-likeness (QED) is 0.796. The van der Waals surface area contributed by atoms with Crippen LogP contribution >= 0.6 is 0 Å². The van der Waals surface area contributed by atoms with Gasteiger partial charge in [-0.3, -0.25) is 0 Å². The van der Waals surface area contributed by atoms with Gasteiger partial charge in [0.25, 0.3) is 5.89 Å². The molecule has 0 atom stereocenters. The molecule has 0 aliphatic heterocycles. The summed E-state index contributed by atoms with van der Waals surface area (Å²) >= 11 is 0. The summed E-state index contributed by atoms with van der Waals surface area (Å²) in [7, 11) is 0. The van der Waals surface area contributed by atoms with Crippen molar-refractivity contribution >= 4 is 0 Å². The molecule has 2 heterocycles. The summed E-state index contributed by atoms with van der Waals surface area (Å²) in [6.45, 7) is 0. The highest BCUT2D eigenvalue weighted by molar-refractivity contribution is 5.55. The normalized spacial score (nSPS) is 16.6. The molecule has 6 nitrogen and oxygen atoms in total. The molecule has 2 N–H and O–H groups in total. The first-order valence-corrected chi connectivity index (χ1v) is 6.96. The fraction of sp³-hybridized carbons (Fsp3) is 0.267. The second-order valence-electron chi connectivity index (χ2n) is 5.45. The SMILES string of the molecule is NC1(c2noc(-c3ccc(-n4ccnc4)cc3)n2)CCC1. The smallest absolute Gasteiger partial charge is 0.257 e. The molecule has 3 aromatic rings. The summed E-state index contributed by atoms with van der Waals surface area (Å²) in [5.74, 6) is 1.13. The number of hydrogen-bond acceptors (Lipinski definition) is 5. The van der Waals surface area contributed by atoms with Gasteiger partial charge in [0, 0.05) is 23.6 Å². The predicted molar refractivity (Wildman–Crippen MR) is 76.6 cm³/mol. The zero-order chi connectivity index (χ0) is 14.3.